The fourth-order valence-electron chi connectivity index (χ4n) is 3.61. The molecule has 0 saturated carbocycles. The largest absolute Gasteiger partial charge is 0.508 e. The van der Waals surface area contributed by atoms with E-state index in [0.29, 0.717) is 12.8 Å². The number of ether oxygens (including phenoxy) is 4. The second-order valence-electron chi connectivity index (χ2n) is 7.50. The number of nitrogen functional groups attached to an aromatic ring is 1. The number of aromatic nitrogens is 4. The minimum atomic E-state index is -1.15. The van der Waals surface area contributed by atoms with Crippen LogP contribution in [0.3, 0.4) is 0 Å². The van der Waals surface area contributed by atoms with E-state index in [2.05, 4.69) is 15.0 Å². The summed E-state index contributed by atoms with van der Waals surface area (Å²) in [5, 5.41) is 0. The van der Waals surface area contributed by atoms with Gasteiger partial charge in [0.25, 0.3) is 0 Å². The Kier molecular flexibility index (Phi) is 5.41. The van der Waals surface area contributed by atoms with Crippen molar-refractivity contribution in [1.82, 2.24) is 19.5 Å². The molecule has 2 aliphatic rings. The maximum atomic E-state index is 13.7. The summed E-state index contributed by atoms with van der Waals surface area (Å²) in [6.07, 6.45) is 0.494. The van der Waals surface area contributed by atoms with Gasteiger partial charge in [-0.05, 0) is 26.2 Å². The Bertz CT molecular complexity index is 968. The average Bonchev–Trinajstić information content (AvgIpc) is 3.24. The Hall–Kier alpha value is -3.02. The van der Waals surface area contributed by atoms with Crippen molar-refractivity contribution in [3.8, 4) is 0 Å². The van der Waals surface area contributed by atoms with Gasteiger partial charge < -0.3 is 24.7 Å². The fraction of sp³-hybridized carbons (Fsp3) is 0.611. The summed E-state index contributed by atoms with van der Waals surface area (Å²) in [5.41, 5.74) is 4.92. The number of imidazole rings is 1. The zero-order valence-corrected chi connectivity index (χ0v) is 16.4. The van der Waals surface area contributed by atoms with Crippen molar-refractivity contribution < 1.29 is 32.9 Å². The van der Waals surface area contributed by atoms with Crippen LogP contribution in [0.15, 0.2) is 6.33 Å². The number of rotatable bonds is 1. The number of nitrogens with two attached hydrogens (primary N) is 1. The van der Waals surface area contributed by atoms with E-state index in [1.54, 1.807) is 6.92 Å². The van der Waals surface area contributed by atoms with Crippen molar-refractivity contribution in [3.63, 3.8) is 0 Å². The smallest absolute Gasteiger partial charge is 0.462 e. The van der Waals surface area contributed by atoms with Gasteiger partial charge in [0.2, 0.25) is 0 Å². The quantitative estimate of drug-likeness (QED) is 0.534. The van der Waals surface area contributed by atoms with Gasteiger partial charge >= 0.3 is 18.2 Å². The summed E-state index contributed by atoms with van der Waals surface area (Å²) in [5.74, 6) is -0.457. The molecule has 2 aromatic heterocycles. The minimum absolute atomic E-state index is 0.100. The van der Waals surface area contributed by atoms with Gasteiger partial charge in [-0.1, -0.05) is 0 Å². The highest BCUT2D eigenvalue weighted by atomic mass is 19.1. The molecule has 2 saturated heterocycles. The minimum Gasteiger partial charge on any atom is -0.462 e. The standard InChI is InChI=1S/C18H22FN5O6/c1-18-8-28-12(25)5-3-2-4-6-27-17(26)29-10(18)7-11(30-18)24-9-21-13-14(20)22-16(19)23-15(13)24/h9-11H,2-8H2,1H3,(H2,20,22,23)/t10-,11+,18+/m0/s1. The number of halogens is 1. The van der Waals surface area contributed by atoms with E-state index in [0.717, 1.165) is 6.42 Å². The lowest BCUT2D eigenvalue weighted by Crippen LogP contribution is -2.44. The van der Waals surface area contributed by atoms with E-state index in [1.165, 1.54) is 10.9 Å². The van der Waals surface area contributed by atoms with E-state index in [-0.39, 0.29) is 49.0 Å². The molecule has 0 aliphatic carbocycles. The van der Waals surface area contributed by atoms with E-state index in [4.69, 9.17) is 24.7 Å². The van der Waals surface area contributed by atoms with Crippen LogP contribution in [-0.2, 0) is 23.7 Å². The Morgan fingerprint density at radius 1 is 1.23 bits per heavy atom. The molecule has 4 heterocycles. The normalized spacial score (nSPS) is 28.5. The van der Waals surface area contributed by atoms with Crippen molar-refractivity contribution in [3.05, 3.63) is 12.4 Å². The zero-order valence-electron chi connectivity index (χ0n) is 16.4. The number of hydrogen-bond donors (Lipinski definition) is 1. The van der Waals surface area contributed by atoms with Gasteiger partial charge in [0.1, 0.15) is 24.5 Å². The topological polar surface area (TPSA) is 141 Å². The fourth-order valence-corrected chi connectivity index (χ4v) is 3.61. The molecule has 0 spiro atoms. The maximum absolute atomic E-state index is 13.7. The first-order chi connectivity index (χ1) is 14.4. The van der Waals surface area contributed by atoms with Crippen LogP contribution in [0.4, 0.5) is 15.0 Å². The molecule has 30 heavy (non-hydrogen) atoms. The molecule has 0 bridgehead atoms. The molecule has 0 radical (unpaired) electrons. The SMILES string of the molecule is C[C@@]12COC(=O)CCCCCOC(=O)O[C@H]1C[C@H](n1cnc3c(N)nc(F)nc31)O2. The van der Waals surface area contributed by atoms with Crippen LogP contribution in [0, 0.1) is 6.08 Å². The Morgan fingerprint density at radius 2 is 2.07 bits per heavy atom. The van der Waals surface area contributed by atoms with Gasteiger partial charge in [0, 0.05) is 12.8 Å². The van der Waals surface area contributed by atoms with Crippen LogP contribution >= 0.6 is 0 Å². The number of anilines is 1. The summed E-state index contributed by atoms with van der Waals surface area (Å²) >= 11 is 0. The molecule has 0 unspecified atom stereocenters. The highest BCUT2D eigenvalue weighted by Gasteiger charge is 2.50. The van der Waals surface area contributed by atoms with E-state index in [9.17, 15) is 14.0 Å². The molecule has 2 aliphatic heterocycles. The molecule has 0 amide bonds. The molecule has 12 heteroatoms. The molecule has 11 nitrogen and oxygen atoms in total. The lowest BCUT2D eigenvalue weighted by atomic mass is 10.00. The van der Waals surface area contributed by atoms with E-state index in [1.807, 2.05) is 0 Å². The molecule has 3 atom stereocenters. The molecular weight excluding hydrogens is 401 g/mol. The second kappa shape index (κ2) is 8.01. The van der Waals surface area contributed by atoms with Crippen molar-refractivity contribution in [2.75, 3.05) is 18.9 Å². The highest BCUT2D eigenvalue weighted by Crippen LogP contribution is 2.40. The van der Waals surface area contributed by atoms with E-state index >= 15 is 0 Å². The first kappa shape index (κ1) is 20.3. The van der Waals surface area contributed by atoms with Crippen molar-refractivity contribution in [2.24, 2.45) is 0 Å². The van der Waals surface area contributed by atoms with Crippen molar-refractivity contribution >= 4 is 29.1 Å². The van der Waals surface area contributed by atoms with Crippen LogP contribution < -0.4 is 5.73 Å². The van der Waals surface area contributed by atoms with Gasteiger partial charge in [-0.15, -0.1) is 0 Å². The lowest BCUT2D eigenvalue weighted by molar-refractivity contribution is -0.163. The average molecular weight is 423 g/mol. The molecule has 2 fully saturated rings. The summed E-state index contributed by atoms with van der Waals surface area (Å²) in [4.78, 5) is 35.5. The third-order valence-corrected chi connectivity index (χ3v) is 5.24. The summed E-state index contributed by atoms with van der Waals surface area (Å²) < 4.78 is 37.2. The highest BCUT2D eigenvalue weighted by molar-refractivity contribution is 5.81. The predicted octanol–water partition coefficient (Wildman–Crippen LogP) is 1.86. The lowest BCUT2D eigenvalue weighted by Gasteiger charge is -2.29. The molecule has 4 rings (SSSR count). The first-order valence-electron chi connectivity index (χ1n) is 9.68. The van der Waals surface area contributed by atoms with E-state index < -0.39 is 30.2 Å². The van der Waals surface area contributed by atoms with Crippen molar-refractivity contribution in [1.29, 1.82) is 0 Å². The molecule has 0 aromatic carbocycles. The van der Waals surface area contributed by atoms with Gasteiger partial charge in [0.05, 0.1) is 12.9 Å². The number of carbonyl (C=O) groups excluding carboxylic acids is 2. The van der Waals surface area contributed by atoms with Crippen LogP contribution in [-0.4, -0.2) is 56.6 Å². The second-order valence-corrected chi connectivity index (χ2v) is 7.50. The number of fused-ring (bicyclic) bond motifs is 2. The van der Waals surface area contributed by atoms with Crippen LogP contribution in [0.25, 0.3) is 11.2 Å². The predicted molar refractivity (Wildman–Crippen MR) is 98.5 cm³/mol. The Morgan fingerprint density at radius 3 is 2.90 bits per heavy atom. The Balaban J connectivity index is 1.62. The van der Waals surface area contributed by atoms with Gasteiger partial charge in [-0.3, -0.25) is 9.36 Å². The number of hydrogen-bond acceptors (Lipinski definition) is 10. The zero-order chi connectivity index (χ0) is 21.3. The summed E-state index contributed by atoms with van der Waals surface area (Å²) in [6.45, 7) is 1.74. The molecule has 162 valence electrons. The van der Waals surface area contributed by atoms with Crippen LogP contribution in [0.2, 0.25) is 0 Å². The maximum Gasteiger partial charge on any atom is 0.508 e. The number of esters is 1. The third kappa shape index (κ3) is 3.99. The van der Waals surface area contributed by atoms with Gasteiger partial charge in [-0.2, -0.15) is 14.4 Å². The van der Waals surface area contributed by atoms with Crippen LogP contribution in [0.1, 0.15) is 45.3 Å². The number of nitrogens with zero attached hydrogens (tertiary/aromatic N) is 4. The third-order valence-electron chi connectivity index (χ3n) is 5.24. The number of carbonyl (C=O) groups is 2. The summed E-state index contributed by atoms with van der Waals surface area (Å²) in [6, 6.07) is 0. The van der Waals surface area contributed by atoms with Gasteiger partial charge in [-0.25, -0.2) is 9.78 Å². The van der Waals surface area contributed by atoms with Gasteiger partial charge in [0.15, 0.2) is 17.0 Å². The Labute approximate surface area is 170 Å². The number of cyclic esters (lactones) is 2. The monoisotopic (exact) mass is 423 g/mol. The first-order valence-corrected chi connectivity index (χ1v) is 9.68. The summed E-state index contributed by atoms with van der Waals surface area (Å²) in [7, 11) is 0. The van der Waals surface area contributed by atoms with Crippen LogP contribution in [0.5, 0.6) is 0 Å². The molecular formula is C18H22FN5O6. The molecule has 2 N–H and O–H groups in total. The van der Waals surface area contributed by atoms with Crippen molar-refractivity contribution in [2.45, 2.75) is 57.0 Å². The molecule has 2 aromatic rings.